The zero-order valence-corrected chi connectivity index (χ0v) is 13.3. The number of carbonyl (C=O) groups is 1. The Morgan fingerprint density at radius 3 is 2.62 bits per heavy atom. The van der Waals surface area contributed by atoms with Crippen molar-refractivity contribution in [3.63, 3.8) is 0 Å². The van der Waals surface area contributed by atoms with Crippen LogP contribution in [0.1, 0.15) is 47.0 Å². The number of allylic oxidation sites excluding steroid dienone is 2. The van der Waals surface area contributed by atoms with Crippen LogP contribution in [0.4, 0.5) is 0 Å². The molecule has 5 heteroatoms. The highest BCUT2D eigenvalue weighted by molar-refractivity contribution is 5.72. The molecule has 118 valence electrons. The third-order valence-electron chi connectivity index (χ3n) is 5.32. The number of fused-ring (bicyclic) bond motifs is 1. The van der Waals surface area contributed by atoms with Crippen molar-refractivity contribution in [2.45, 2.75) is 47.0 Å². The molecule has 1 saturated carbocycles. The molecule has 0 amide bonds. The highest BCUT2D eigenvalue weighted by Crippen LogP contribution is 2.64. The van der Waals surface area contributed by atoms with E-state index < -0.39 is 22.7 Å². The molecule has 5 nitrogen and oxygen atoms in total. The van der Waals surface area contributed by atoms with E-state index in [0.29, 0.717) is 12.3 Å². The second-order valence-corrected chi connectivity index (χ2v) is 7.73. The topological polar surface area (TPSA) is 80.4 Å². The van der Waals surface area contributed by atoms with E-state index in [1.807, 2.05) is 20.8 Å². The van der Waals surface area contributed by atoms with Crippen molar-refractivity contribution in [1.29, 1.82) is 0 Å². The second kappa shape index (κ2) is 5.11. The Bertz CT molecular complexity index is 491. The lowest BCUT2D eigenvalue weighted by Gasteiger charge is -2.55. The summed E-state index contributed by atoms with van der Waals surface area (Å²) in [6.45, 7) is 7.47. The van der Waals surface area contributed by atoms with Gasteiger partial charge in [-0.25, -0.2) is 0 Å². The molecule has 0 bridgehead atoms. The quantitative estimate of drug-likeness (QED) is 0.479. The van der Waals surface area contributed by atoms with E-state index >= 15 is 0 Å². The van der Waals surface area contributed by atoms with Gasteiger partial charge in [-0.2, -0.15) is 0 Å². The highest BCUT2D eigenvalue weighted by Gasteiger charge is 2.65. The second-order valence-electron chi connectivity index (χ2n) is 7.73. The highest BCUT2D eigenvalue weighted by atomic mass is 16.6. The van der Waals surface area contributed by atoms with Gasteiger partial charge in [0.1, 0.15) is 0 Å². The van der Waals surface area contributed by atoms with Crippen LogP contribution in [0.5, 0.6) is 0 Å². The number of rotatable bonds is 5. The molecule has 0 spiro atoms. The first-order valence-corrected chi connectivity index (χ1v) is 7.66. The molecule has 2 aliphatic carbocycles. The van der Waals surface area contributed by atoms with Gasteiger partial charge in [-0.05, 0) is 36.5 Å². The van der Waals surface area contributed by atoms with Gasteiger partial charge in [0.15, 0.2) is 0 Å². The summed E-state index contributed by atoms with van der Waals surface area (Å²) in [4.78, 5) is 22.7. The van der Waals surface area contributed by atoms with Crippen molar-refractivity contribution in [2.75, 3.05) is 6.54 Å². The smallest absolute Gasteiger partial charge is 0.307 e. The minimum atomic E-state index is -0.902. The molecule has 0 aromatic carbocycles. The van der Waals surface area contributed by atoms with Crippen LogP contribution in [0.2, 0.25) is 0 Å². The maximum atomic E-state index is 11.9. The fourth-order valence-electron chi connectivity index (χ4n) is 4.77. The van der Waals surface area contributed by atoms with Gasteiger partial charge in [-0.1, -0.05) is 39.3 Å². The van der Waals surface area contributed by atoms with Gasteiger partial charge in [0, 0.05) is 4.92 Å². The molecule has 21 heavy (non-hydrogen) atoms. The zero-order valence-electron chi connectivity index (χ0n) is 13.3. The van der Waals surface area contributed by atoms with Gasteiger partial charge >= 0.3 is 5.97 Å². The summed E-state index contributed by atoms with van der Waals surface area (Å²) >= 11 is 0. The van der Waals surface area contributed by atoms with Gasteiger partial charge in [-0.3, -0.25) is 14.9 Å². The lowest BCUT2D eigenvalue weighted by atomic mass is 9.46. The standard InChI is InChI=1S/C16H25NO4/c1-5-10-6-11-8-16(9-17(20)21,12(11)7-10)13(14(18)19)15(2,3)4/h7,11-13H,5-6,8-9H2,1-4H3,(H,18,19)/t11-,12+,13?,16+/m1/s1. The Hall–Kier alpha value is -1.39. The first-order valence-electron chi connectivity index (χ1n) is 7.66. The molecule has 1 unspecified atom stereocenters. The largest absolute Gasteiger partial charge is 0.481 e. The van der Waals surface area contributed by atoms with E-state index in [9.17, 15) is 20.0 Å². The average Bonchev–Trinajstić information content (AvgIpc) is 2.63. The Morgan fingerprint density at radius 2 is 2.19 bits per heavy atom. The van der Waals surface area contributed by atoms with Crippen molar-refractivity contribution in [3.8, 4) is 0 Å². The van der Waals surface area contributed by atoms with E-state index in [-0.39, 0.29) is 17.4 Å². The number of carboxylic acids is 1. The summed E-state index contributed by atoms with van der Waals surface area (Å²) in [7, 11) is 0. The molecule has 1 N–H and O–H groups in total. The van der Waals surface area contributed by atoms with Crippen LogP contribution in [0.25, 0.3) is 0 Å². The lowest BCUT2D eigenvalue weighted by Crippen LogP contribution is -2.59. The maximum absolute atomic E-state index is 11.9. The van der Waals surface area contributed by atoms with Crippen LogP contribution in [0.15, 0.2) is 11.6 Å². The Labute approximate surface area is 125 Å². The molecular formula is C16H25NO4. The Morgan fingerprint density at radius 1 is 1.57 bits per heavy atom. The Balaban J connectivity index is 2.42. The van der Waals surface area contributed by atoms with Crippen LogP contribution in [0, 0.1) is 38.7 Å². The molecule has 0 aromatic rings. The molecule has 2 aliphatic rings. The van der Waals surface area contributed by atoms with Gasteiger partial charge in [0.05, 0.1) is 11.3 Å². The number of carboxylic acid groups (broad SMARTS) is 1. The SMILES string of the molecule is CCC1=C[C@H]2[C@H](C1)C[C@@]2(C[N+](=O)[O-])C(C(=O)O)C(C)(C)C. The Kier molecular flexibility index (Phi) is 3.89. The predicted molar refractivity (Wildman–Crippen MR) is 79.5 cm³/mol. The third-order valence-corrected chi connectivity index (χ3v) is 5.32. The van der Waals surface area contributed by atoms with E-state index in [0.717, 1.165) is 12.8 Å². The fourth-order valence-corrected chi connectivity index (χ4v) is 4.77. The van der Waals surface area contributed by atoms with Crippen molar-refractivity contribution >= 4 is 5.97 Å². The van der Waals surface area contributed by atoms with Crippen LogP contribution < -0.4 is 0 Å². The van der Waals surface area contributed by atoms with Gasteiger partial charge in [0.2, 0.25) is 6.54 Å². The summed E-state index contributed by atoms with van der Waals surface area (Å²) in [5.41, 5.74) is 0.110. The first kappa shape index (κ1) is 16.0. The summed E-state index contributed by atoms with van der Waals surface area (Å²) in [6, 6.07) is 0. The third kappa shape index (κ3) is 2.58. The van der Waals surface area contributed by atoms with Crippen molar-refractivity contribution in [3.05, 3.63) is 21.8 Å². The molecule has 2 rings (SSSR count). The van der Waals surface area contributed by atoms with Crippen molar-refractivity contribution < 1.29 is 14.8 Å². The van der Waals surface area contributed by atoms with Gasteiger partial charge < -0.3 is 5.11 Å². The van der Waals surface area contributed by atoms with Crippen LogP contribution in [-0.2, 0) is 4.79 Å². The number of aliphatic carboxylic acids is 1. The number of nitrogens with zero attached hydrogens (tertiary/aromatic N) is 1. The van der Waals surface area contributed by atoms with E-state index in [4.69, 9.17) is 0 Å². The molecule has 0 saturated heterocycles. The van der Waals surface area contributed by atoms with Crippen LogP contribution in [0.3, 0.4) is 0 Å². The molecule has 0 aliphatic heterocycles. The monoisotopic (exact) mass is 295 g/mol. The van der Waals surface area contributed by atoms with Crippen LogP contribution >= 0.6 is 0 Å². The normalized spacial score (nSPS) is 32.9. The molecule has 0 heterocycles. The van der Waals surface area contributed by atoms with E-state index in [2.05, 4.69) is 13.0 Å². The van der Waals surface area contributed by atoms with Crippen molar-refractivity contribution in [1.82, 2.24) is 0 Å². The number of hydrogen-bond donors (Lipinski definition) is 1. The van der Waals surface area contributed by atoms with Gasteiger partial charge in [-0.15, -0.1) is 0 Å². The first-order chi connectivity index (χ1) is 9.61. The summed E-state index contributed by atoms with van der Waals surface area (Å²) in [5.74, 6) is -1.13. The van der Waals surface area contributed by atoms with E-state index in [1.54, 1.807) is 0 Å². The maximum Gasteiger partial charge on any atom is 0.307 e. The minimum absolute atomic E-state index is 0.0539. The summed E-state index contributed by atoms with van der Waals surface area (Å²) < 4.78 is 0. The summed E-state index contributed by atoms with van der Waals surface area (Å²) in [6.07, 6.45) is 4.73. The predicted octanol–water partition coefficient (Wildman–Crippen LogP) is 3.37. The minimum Gasteiger partial charge on any atom is -0.481 e. The van der Waals surface area contributed by atoms with Crippen molar-refractivity contribution in [2.24, 2.45) is 28.6 Å². The molecule has 1 fully saturated rings. The molecular weight excluding hydrogens is 270 g/mol. The zero-order chi connectivity index (χ0) is 16.0. The molecule has 4 atom stereocenters. The fraction of sp³-hybridized carbons (Fsp3) is 0.812. The molecule has 0 aromatic heterocycles. The number of nitro groups is 1. The van der Waals surface area contributed by atoms with Crippen LogP contribution in [-0.4, -0.2) is 22.5 Å². The number of hydrogen-bond acceptors (Lipinski definition) is 3. The lowest BCUT2D eigenvalue weighted by molar-refractivity contribution is -0.510. The average molecular weight is 295 g/mol. The molecule has 0 radical (unpaired) electrons. The summed E-state index contributed by atoms with van der Waals surface area (Å²) in [5, 5.41) is 20.9. The van der Waals surface area contributed by atoms with Gasteiger partial charge in [0.25, 0.3) is 0 Å². The van der Waals surface area contributed by atoms with E-state index in [1.165, 1.54) is 5.57 Å².